The van der Waals surface area contributed by atoms with Gasteiger partial charge in [0.05, 0.1) is 5.69 Å². The SMILES string of the molecule is c1ccc(-c2ccc(N(c3ccc(-c4ccc5c(c4)C4(c6ccccc6-5)C5CC6CC(C5)CC4C6)cc3)c3ccccc3-c3ccc4c(c3)-c3ccccc3C43CCCC3)cc2)cc1. The van der Waals surface area contributed by atoms with Crippen molar-refractivity contribution in [1.29, 1.82) is 0 Å². The first-order valence-corrected chi connectivity index (χ1v) is 24.3. The van der Waals surface area contributed by atoms with Crippen LogP contribution in [0.4, 0.5) is 17.1 Å². The molecule has 0 N–H and O–H groups in total. The number of benzene rings is 8. The minimum atomic E-state index is 0.164. The first-order valence-electron chi connectivity index (χ1n) is 24.3. The first-order chi connectivity index (χ1) is 31.7. The van der Waals surface area contributed by atoms with E-state index < -0.39 is 0 Å². The Morgan fingerprint density at radius 3 is 1.53 bits per heavy atom. The monoisotopic (exact) mass is 823 g/mol. The average Bonchev–Trinajstić information content (AvgIpc) is 4.04. The number of para-hydroxylation sites is 1. The van der Waals surface area contributed by atoms with Crippen molar-refractivity contribution in [2.75, 3.05) is 4.90 Å². The van der Waals surface area contributed by atoms with Gasteiger partial charge < -0.3 is 4.90 Å². The van der Waals surface area contributed by atoms with E-state index in [1.54, 1.807) is 11.1 Å². The third-order valence-electron chi connectivity index (χ3n) is 17.4. The van der Waals surface area contributed by atoms with E-state index in [1.165, 1.54) is 130 Å². The number of hydrogen-bond donors (Lipinski definition) is 0. The lowest BCUT2D eigenvalue weighted by Gasteiger charge is -2.61. The number of nitrogens with zero attached hydrogens (tertiary/aromatic N) is 1. The molecule has 0 saturated heterocycles. The molecule has 64 heavy (non-hydrogen) atoms. The molecular formula is C63H53N. The highest BCUT2D eigenvalue weighted by molar-refractivity contribution is 5.92. The van der Waals surface area contributed by atoms with Crippen LogP contribution in [0.15, 0.2) is 188 Å². The highest BCUT2D eigenvalue weighted by Gasteiger charge is 2.61. The van der Waals surface area contributed by atoms with Crippen molar-refractivity contribution < 1.29 is 0 Å². The van der Waals surface area contributed by atoms with E-state index in [1.807, 2.05) is 0 Å². The molecule has 7 aliphatic rings. The molecule has 1 heteroatoms. The molecule has 7 aliphatic carbocycles. The Morgan fingerprint density at radius 2 is 0.844 bits per heavy atom. The van der Waals surface area contributed by atoms with Gasteiger partial charge >= 0.3 is 0 Å². The highest BCUT2D eigenvalue weighted by atomic mass is 15.1. The lowest BCUT2D eigenvalue weighted by Crippen LogP contribution is -2.55. The van der Waals surface area contributed by atoms with Gasteiger partial charge in [-0.1, -0.05) is 158 Å². The van der Waals surface area contributed by atoms with Crippen molar-refractivity contribution in [3.63, 3.8) is 0 Å². The van der Waals surface area contributed by atoms with Crippen molar-refractivity contribution >= 4 is 17.1 Å². The highest BCUT2D eigenvalue weighted by Crippen LogP contribution is 2.69. The summed E-state index contributed by atoms with van der Waals surface area (Å²) in [5.74, 6) is 3.39. The van der Waals surface area contributed by atoms with E-state index in [2.05, 4.69) is 193 Å². The number of anilines is 3. The van der Waals surface area contributed by atoms with Crippen LogP contribution >= 0.6 is 0 Å². The standard InChI is InChI=1S/C63H53N/c1-2-12-43(13-3-1)44-20-26-50(27-21-44)64(61-19-9-6-14-52(61)47-25-31-58-56(39-47)54-16-4-7-17-57(54)62(58)32-10-11-33-62)51-28-22-45(23-29-51)46-24-30-55-53-15-5-8-18-59(53)63(60(55)40-46)48-35-41-34-42(37-48)38-49(63)36-41/h1-9,12-31,39-42,48-49H,10-11,32-38H2. The van der Waals surface area contributed by atoms with E-state index >= 15 is 0 Å². The smallest absolute Gasteiger partial charge is 0.0540 e. The van der Waals surface area contributed by atoms with E-state index in [4.69, 9.17) is 0 Å². The molecule has 0 aromatic heterocycles. The first kappa shape index (κ1) is 37.0. The van der Waals surface area contributed by atoms with Crippen LogP contribution in [0.2, 0.25) is 0 Å². The van der Waals surface area contributed by atoms with Gasteiger partial charge in [0.15, 0.2) is 0 Å². The Bertz CT molecular complexity index is 3080. The zero-order valence-electron chi connectivity index (χ0n) is 36.5. The summed E-state index contributed by atoms with van der Waals surface area (Å²) in [4.78, 5) is 2.48. The Morgan fingerprint density at radius 1 is 0.344 bits per heavy atom. The van der Waals surface area contributed by atoms with E-state index in [-0.39, 0.29) is 10.8 Å². The zero-order valence-corrected chi connectivity index (χ0v) is 36.5. The lowest BCUT2D eigenvalue weighted by molar-refractivity contribution is -0.0399. The van der Waals surface area contributed by atoms with Crippen LogP contribution in [0.5, 0.6) is 0 Å². The molecule has 1 nitrogen and oxygen atoms in total. The summed E-state index contributed by atoms with van der Waals surface area (Å²) in [6, 6.07) is 72.1. The van der Waals surface area contributed by atoms with Crippen molar-refractivity contribution in [3.8, 4) is 55.6 Å². The van der Waals surface area contributed by atoms with E-state index in [0.717, 1.165) is 35.0 Å². The van der Waals surface area contributed by atoms with Gasteiger partial charge in [0.2, 0.25) is 0 Å². The summed E-state index contributed by atoms with van der Waals surface area (Å²) in [5.41, 5.74) is 23.5. The Labute approximate surface area is 378 Å². The van der Waals surface area contributed by atoms with E-state index in [0.29, 0.717) is 0 Å². The quantitative estimate of drug-likeness (QED) is 0.161. The predicted octanol–water partition coefficient (Wildman–Crippen LogP) is 16.7. The van der Waals surface area contributed by atoms with Gasteiger partial charge in [-0.2, -0.15) is 0 Å². The zero-order chi connectivity index (χ0) is 42.0. The maximum Gasteiger partial charge on any atom is 0.0540 e. The predicted molar refractivity (Wildman–Crippen MR) is 265 cm³/mol. The van der Waals surface area contributed by atoms with Crippen molar-refractivity contribution in [2.45, 2.75) is 68.6 Å². The minimum absolute atomic E-state index is 0.164. The molecule has 5 saturated carbocycles. The third-order valence-corrected chi connectivity index (χ3v) is 17.4. The molecule has 0 radical (unpaired) electrons. The fraction of sp³-hybridized carbons (Fsp3) is 0.238. The van der Waals surface area contributed by atoms with Crippen LogP contribution in [0.1, 0.15) is 80.0 Å². The molecule has 5 fully saturated rings. The molecule has 0 atom stereocenters. The average molecular weight is 824 g/mol. The molecule has 0 aliphatic heterocycles. The van der Waals surface area contributed by atoms with Crippen LogP contribution in [-0.4, -0.2) is 0 Å². The molecule has 8 aromatic carbocycles. The molecular weight excluding hydrogens is 771 g/mol. The summed E-state index contributed by atoms with van der Waals surface area (Å²) in [6.45, 7) is 0. The molecule has 4 bridgehead atoms. The van der Waals surface area contributed by atoms with Crippen LogP contribution in [0, 0.1) is 23.7 Å². The minimum Gasteiger partial charge on any atom is -0.310 e. The second kappa shape index (κ2) is 14.0. The Balaban J connectivity index is 0.878. The fourth-order valence-corrected chi connectivity index (χ4v) is 15.1. The number of hydrogen-bond acceptors (Lipinski definition) is 1. The van der Waals surface area contributed by atoms with Gasteiger partial charge in [0.25, 0.3) is 0 Å². The van der Waals surface area contributed by atoms with Crippen LogP contribution in [0.3, 0.4) is 0 Å². The van der Waals surface area contributed by atoms with Crippen LogP contribution in [-0.2, 0) is 10.8 Å². The maximum atomic E-state index is 2.63. The summed E-state index contributed by atoms with van der Waals surface area (Å²) in [5, 5.41) is 0. The molecule has 2 spiro atoms. The normalized spacial score (nSPS) is 23.6. The maximum absolute atomic E-state index is 2.63. The summed E-state index contributed by atoms with van der Waals surface area (Å²) in [7, 11) is 0. The van der Waals surface area contributed by atoms with E-state index in [9.17, 15) is 0 Å². The van der Waals surface area contributed by atoms with Gasteiger partial charge in [0.1, 0.15) is 0 Å². The fourth-order valence-electron chi connectivity index (χ4n) is 15.1. The molecule has 0 unspecified atom stereocenters. The summed E-state index contributed by atoms with van der Waals surface area (Å²) in [6.07, 6.45) is 12.2. The van der Waals surface area contributed by atoms with Crippen molar-refractivity contribution in [3.05, 3.63) is 210 Å². The van der Waals surface area contributed by atoms with Gasteiger partial charge in [-0.25, -0.2) is 0 Å². The van der Waals surface area contributed by atoms with Crippen LogP contribution in [0.25, 0.3) is 55.6 Å². The van der Waals surface area contributed by atoms with Gasteiger partial charge in [-0.15, -0.1) is 0 Å². The summed E-state index contributed by atoms with van der Waals surface area (Å²) < 4.78 is 0. The molecule has 0 amide bonds. The topological polar surface area (TPSA) is 3.24 Å². The van der Waals surface area contributed by atoms with Crippen LogP contribution < -0.4 is 4.90 Å². The lowest BCUT2D eigenvalue weighted by atomic mass is 9.43. The second-order valence-corrected chi connectivity index (χ2v) is 20.4. The second-order valence-electron chi connectivity index (χ2n) is 20.4. The Kier molecular flexibility index (Phi) is 8.11. The molecule has 310 valence electrons. The Hall–Kier alpha value is -6.44. The number of rotatable bonds is 6. The van der Waals surface area contributed by atoms with Crippen molar-refractivity contribution in [2.24, 2.45) is 23.7 Å². The largest absolute Gasteiger partial charge is 0.310 e. The van der Waals surface area contributed by atoms with Gasteiger partial charge in [-0.3, -0.25) is 0 Å². The molecule has 8 aromatic rings. The third kappa shape index (κ3) is 5.25. The number of fused-ring (bicyclic) bond motifs is 8. The summed E-state index contributed by atoms with van der Waals surface area (Å²) >= 11 is 0. The van der Waals surface area contributed by atoms with Gasteiger partial charge in [0, 0.05) is 27.8 Å². The van der Waals surface area contributed by atoms with Gasteiger partial charge in [-0.05, 0) is 183 Å². The molecule has 0 heterocycles. The van der Waals surface area contributed by atoms with Crippen molar-refractivity contribution in [1.82, 2.24) is 0 Å². The molecule has 15 rings (SSSR count).